The molecule has 2 aromatic heterocycles. The van der Waals surface area contributed by atoms with Crippen molar-refractivity contribution in [1.82, 2.24) is 14.3 Å². The molecule has 7 heteroatoms. The monoisotopic (exact) mass is 290 g/mol. The number of methoxy groups -OCH3 is 2. The topological polar surface area (TPSA) is 86.0 Å². The minimum Gasteiger partial charge on any atom is -0.493 e. The Bertz CT molecular complexity index is 718. The van der Waals surface area contributed by atoms with E-state index in [2.05, 4.69) is 14.3 Å². The van der Waals surface area contributed by atoms with Crippen LogP contribution in [0.25, 0.3) is 22.4 Å². The number of nitrogens with one attached hydrogen (secondary N) is 1. The molecule has 3 N–H and O–H groups in total. The lowest BCUT2D eigenvalue weighted by molar-refractivity contribution is 0.356. The summed E-state index contributed by atoms with van der Waals surface area (Å²) in [6.45, 7) is 1.91. The van der Waals surface area contributed by atoms with E-state index in [1.165, 1.54) is 11.5 Å². The standard InChI is InChI=1S/C13H14N4O2S/c1-6-11(12(14)20-17-6)13-15-7-4-9(18-2)10(19-3)5-8(7)16-13/h4-5H,14H2,1-3H3,(H,15,16). The molecule has 0 aliphatic rings. The van der Waals surface area contributed by atoms with Gasteiger partial charge >= 0.3 is 0 Å². The molecule has 0 atom stereocenters. The van der Waals surface area contributed by atoms with Crippen LogP contribution in [0.1, 0.15) is 5.69 Å². The van der Waals surface area contributed by atoms with Gasteiger partial charge in [0.25, 0.3) is 0 Å². The van der Waals surface area contributed by atoms with Crippen LogP contribution in [0.5, 0.6) is 11.5 Å². The lowest BCUT2D eigenvalue weighted by Gasteiger charge is -2.06. The first-order chi connectivity index (χ1) is 9.63. The average molecular weight is 290 g/mol. The van der Waals surface area contributed by atoms with Crippen LogP contribution < -0.4 is 15.2 Å². The van der Waals surface area contributed by atoms with Crippen molar-refractivity contribution in [3.05, 3.63) is 17.8 Å². The summed E-state index contributed by atoms with van der Waals surface area (Å²) < 4.78 is 14.8. The minimum atomic E-state index is 0.645. The van der Waals surface area contributed by atoms with E-state index in [0.717, 1.165) is 22.3 Å². The van der Waals surface area contributed by atoms with Crippen molar-refractivity contribution in [2.24, 2.45) is 0 Å². The van der Waals surface area contributed by atoms with Crippen molar-refractivity contribution in [3.8, 4) is 22.9 Å². The lowest BCUT2D eigenvalue weighted by atomic mass is 10.2. The van der Waals surface area contributed by atoms with Gasteiger partial charge in [0, 0.05) is 12.1 Å². The SMILES string of the molecule is COc1cc2nc(-c3c(C)nsc3N)[nH]c2cc1OC. The van der Waals surface area contributed by atoms with E-state index in [1.807, 2.05) is 19.1 Å². The Labute approximate surface area is 119 Å². The number of nitrogen functional groups attached to an aromatic ring is 1. The Hall–Kier alpha value is -2.28. The molecule has 2 heterocycles. The number of aromatic amines is 1. The van der Waals surface area contributed by atoms with E-state index in [4.69, 9.17) is 15.2 Å². The molecule has 0 aliphatic carbocycles. The van der Waals surface area contributed by atoms with E-state index in [-0.39, 0.29) is 0 Å². The zero-order chi connectivity index (χ0) is 14.3. The Kier molecular flexibility index (Phi) is 2.98. The van der Waals surface area contributed by atoms with E-state index in [9.17, 15) is 0 Å². The maximum atomic E-state index is 5.95. The summed E-state index contributed by atoms with van der Waals surface area (Å²) in [6, 6.07) is 3.69. The van der Waals surface area contributed by atoms with E-state index in [0.29, 0.717) is 22.3 Å². The highest BCUT2D eigenvalue weighted by molar-refractivity contribution is 7.10. The summed E-state index contributed by atoms with van der Waals surface area (Å²) in [4.78, 5) is 7.80. The van der Waals surface area contributed by atoms with Gasteiger partial charge in [-0.25, -0.2) is 4.98 Å². The number of rotatable bonds is 3. The van der Waals surface area contributed by atoms with Crippen molar-refractivity contribution in [2.45, 2.75) is 6.92 Å². The van der Waals surface area contributed by atoms with E-state index >= 15 is 0 Å². The van der Waals surface area contributed by atoms with Gasteiger partial charge in [0.1, 0.15) is 10.8 Å². The molecule has 0 saturated carbocycles. The number of anilines is 1. The summed E-state index contributed by atoms with van der Waals surface area (Å²) in [6.07, 6.45) is 0. The van der Waals surface area contributed by atoms with Crippen LogP contribution in [-0.4, -0.2) is 28.6 Å². The minimum absolute atomic E-state index is 0.645. The fourth-order valence-electron chi connectivity index (χ4n) is 2.13. The fourth-order valence-corrected chi connectivity index (χ4v) is 2.79. The van der Waals surface area contributed by atoms with Crippen LogP contribution in [0.15, 0.2) is 12.1 Å². The van der Waals surface area contributed by atoms with Gasteiger partial charge in [0.15, 0.2) is 11.5 Å². The molecule has 0 radical (unpaired) electrons. The summed E-state index contributed by atoms with van der Waals surface area (Å²) >= 11 is 1.27. The van der Waals surface area contributed by atoms with Crippen LogP contribution in [0.2, 0.25) is 0 Å². The Morgan fingerprint density at radius 2 is 1.90 bits per heavy atom. The predicted molar refractivity (Wildman–Crippen MR) is 79.5 cm³/mol. The molecule has 0 fully saturated rings. The summed E-state index contributed by atoms with van der Waals surface area (Å²) in [5.74, 6) is 2.01. The normalized spacial score (nSPS) is 10.9. The van der Waals surface area contributed by atoms with Crippen LogP contribution >= 0.6 is 11.5 Å². The van der Waals surface area contributed by atoms with E-state index in [1.54, 1.807) is 14.2 Å². The van der Waals surface area contributed by atoms with Crippen LogP contribution in [0.4, 0.5) is 5.00 Å². The summed E-state index contributed by atoms with van der Waals surface area (Å²) in [5.41, 5.74) is 9.33. The molecule has 6 nitrogen and oxygen atoms in total. The zero-order valence-electron chi connectivity index (χ0n) is 11.4. The summed E-state index contributed by atoms with van der Waals surface area (Å²) in [7, 11) is 3.20. The highest BCUT2D eigenvalue weighted by atomic mass is 32.1. The van der Waals surface area contributed by atoms with Crippen molar-refractivity contribution >= 4 is 27.6 Å². The lowest BCUT2D eigenvalue weighted by Crippen LogP contribution is -1.89. The smallest absolute Gasteiger partial charge is 0.163 e. The quantitative estimate of drug-likeness (QED) is 0.774. The number of benzene rings is 1. The molecular weight excluding hydrogens is 276 g/mol. The fraction of sp³-hybridized carbons (Fsp3) is 0.231. The average Bonchev–Trinajstić information content (AvgIpc) is 2.99. The van der Waals surface area contributed by atoms with Gasteiger partial charge in [0.2, 0.25) is 0 Å². The van der Waals surface area contributed by atoms with Gasteiger partial charge in [-0.2, -0.15) is 4.37 Å². The molecule has 104 valence electrons. The van der Waals surface area contributed by atoms with Crippen molar-refractivity contribution in [1.29, 1.82) is 0 Å². The molecule has 0 unspecified atom stereocenters. The third-order valence-electron chi connectivity index (χ3n) is 3.11. The maximum Gasteiger partial charge on any atom is 0.163 e. The van der Waals surface area contributed by atoms with Gasteiger partial charge in [0.05, 0.1) is 36.5 Å². The Balaban J connectivity index is 2.20. The number of hydrogen-bond acceptors (Lipinski definition) is 6. The largest absolute Gasteiger partial charge is 0.493 e. The third kappa shape index (κ3) is 1.87. The molecular formula is C13H14N4O2S. The number of H-pyrrole nitrogens is 1. The molecule has 3 aromatic rings. The van der Waals surface area contributed by atoms with Gasteiger partial charge in [-0.3, -0.25) is 0 Å². The second-order valence-electron chi connectivity index (χ2n) is 4.32. The molecule has 0 amide bonds. The molecule has 0 saturated heterocycles. The number of fused-ring (bicyclic) bond motifs is 1. The zero-order valence-corrected chi connectivity index (χ0v) is 12.2. The predicted octanol–water partition coefficient (Wildman–Crippen LogP) is 2.59. The first-order valence-corrected chi connectivity index (χ1v) is 6.75. The molecule has 0 spiro atoms. The van der Waals surface area contributed by atoms with Crippen LogP contribution in [-0.2, 0) is 0 Å². The summed E-state index contributed by atoms with van der Waals surface area (Å²) in [5, 5.41) is 0.653. The van der Waals surface area contributed by atoms with Crippen molar-refractivity contribution in [2.75, 3.05) is 20.0 Å². The maximum absolute atomic E-state index is 5.95. The number of aromatic nitrogens is 3. The number of nitrogens with two attached hydrogens (primary N) is 1. The van der Waals surface area contributed by atoms with Gasteiger partial charge in [-0.05, 0) is 18.5 Å². The van der Waals surface area contributed by atoms with Crippen molar-refractivity contribution in [3.63, 3.8) is 0 Å². The van der Waals surface area contributed by atoms with Gasteiger partial charge in [-0.15, -0.1) is 0 Å². The molecule has 0 aliphatic heterocycles. The second kappa shape index (κ2) is 4.68. The first-order valence-electron chi connectivity index (χ1n) is 5.98. The number of ether oxygens (including phenoxy) is 2. The number of nitrogens with zero attached hydrogens (tertiary/aromatic N) is 2. The molecule has 20 heavy (non-hydrogen) atoms. The van der Waals surface area contributed by atoms with Gasteiger partial charge < -0.3 is 20.2 Å². The Morgan fingerprint density at radius 3 is 2.50 bits per heavy atom. The Morgan fingerprint density at radius 1 is 1.20 bits per heavy atom. The highest BCUT2D eigenvalue weighted by Crippen LogP contribution is 2.35. The number of hydrogen-bond donors (Lipinski definition) is 2. The van der Waals surface area contributed by atoms with Gasteiger partial charge in [-0.1, -0.05) is 0 Å². The van der Waals surface area contributed by atoms with Crippen LogP contribution in [0.3, 0.4) is 0 Å². The second-order valence-corrected chi connectivity index (χ2v) is 5.12. The molecule has 1 aromatic carbocycles. The number of aryl methyl sites for hydroxylation is 1. The number of imidazole rings is 1. The van der Waals surface area contributed by atoms with Crippen LogP contribution in [0, 0.1) is 6.92 Å². The molecule has 3 rings (SSSR count). The van der Waals surface area contributed by atoms with E-state index < -0.39 is 0 Å². The third-order valence-corrected chi connectivity index (χ3v) is 3.88. The highest BCUT2D eigenvalue weighted by Gasteiger charge is 2.16. The first kappa shape index (κ1) is 12.7. The van der Waals surface area contributed by atoms with Crippen molar-refractivity contribution < 1.29 is 9.47 Å². The molecule has 0 bridgehead atoms.